The molecule has 232 valence electrons. The molecule has 0 spiro atoms. The fourth-order valence-corrected chi connectivity index (χ4v) is 6.74. The Morgan fingerprint density at radius 2 is 1.15 bits per heavy atom. The molecule has 0 N–H and O–H groups in total. The Morgan fingerprint density at radius 3 is 1.75 bits per heavy atom. The van der Waals surface area contributed by atoms with Gasteiger partial charge in [0.1, 0.15) is 0 Å². The van der Waals surface area contributed by atoms with Crippen molar-refractivity contribution in [3.63, 3.8) is 0 Å². The third kappa shape index (κ3) is 4.88. The van der Waals surface area contributed by atoms with Crippen LogP contribution in [0.5, 0.6) is 0 Å². The van der Waals surface area contributed by atoms with E-state index in [2.05, 4.69) is 139 Å². The number of fused-ring (bicyclic) bond motifs is 3. The number of anilines is 6. The van der Waals surface area contributed by atoms with Gasteiger partial charge in [0.15, 0.2) is 0 Å². The number of benzene rings is 6. The summed E-state index contributed by atoms with van der Waals surface area (Å²) in [6.45, 7) is 4.27. The second-order valence-electron chi connectivity index (χ2n) is 12.1. The molecule has 0 saturated heterocycles. The molecule has 5 heteroatoms. The van der Waals surface area contributed by atoms with Gasteiger partial charge in [0, 0.05) is 16.6 Å². The molecule has 0 radical (unpaired) electrons. The number of aryl methyl sites for hydroxylation is 2. The summed E-state index contributed by atoms with van der Waals surface area (Å²) in [4.78, 5) is 22.3. The molecule has 1 aliphatic heterocycles. The summed E-state index contributed by atoms with van der Waals surface area (Å²) < 4.78 is 4.95. The fraction of sp³-hybridized carbons (Fsp3) is 0.0698. The highest BCUT2D eigenvalue weighted by Gasteiger charge is 2.31. The molecule has 0 saturated carbocycles. The molecular formula is C43H33N3O2. The summed E-state index contributed by atoms with van der Waals surface area (Å²) in [7, 11) is 1.40. The molecule has 0 aliphatic carbocycles. The van der Waals surface area contributed by atoms with Crippen molar-refractivity contribution in [1.82, 2.24) is 4.98 Å². The van der Waals surface area contributed by atoms with Gasteiger partial charge in [-0.2, -0.15) is 0 Å². The third-order valence-corrected chi connectivity index (χ3v) is 9.09. The van der Waals surface area contributed by atoms with Crippen LogP contribution >= 0.6 is 0 Å². The molecule has 48 heavy (non-hydrogen) atoms. The second-order valence-corrected chi connectivity index (χ2v) is 12.1. The number of carbonyl (C=O) groups is 1. The van der Waals surface area contributed by atoms with Crippen molar-refractivity contribution in [1.29, 1.82) is 0 Å². The SMILES string of the molecule is COC(=O)c1ccc(-c2cc(-c3ccc(C)cc3)c3c(C)ccc(N4c5ccccc5N(c5ccccc5)c5ccccc54)c3n2)cc1. The van der Waals surface area contributed by atoms with E-state index in [1.54, 1.807) is 12.1 Å². The van der Waals surface area contributed by atoms with Gasteiger partial charge in [-0.1, -0.05) is 90.5 Å². The minimum atomic E-state index is -0.363. The van der Waals surface area contributed by atoms with Crippen molar-refractivity contribution in [2.24, 2.45) is 0 Å². The van der Waals surface area contributed by atoms with E-state index in [4.69, 9.17) is 9.72 Å². The Hall–Kier alpha value is -6.20. The number of para-hydroxylation sites is 5. The Balaban J connectivity index is 1.41. The van der Waals surface area contributed by atoms with Crippen molar-refractivity contribution < 1.29 is 9.53 Å². The molecule has 2 heterocycles. The normalized spacial score (nSPS) is 12.1. The summed E-state index contributed by atoms with van der Waals surface area (Å²) in [5, 5.41) is 1.10. The smallest absolute Gasteiger partial charge is 0.337 e. The van der Waals surface area contributed by atoms with Crippen LogP contribution in [0.3, 0.4) is 0 Å². The molecule has 0 atom stereocenters. The molecule has 0 bridgehead atoms. The average Bonchev–Trinajstić information content (AvgIpc) is 3.14. The van der Waals surface area contributed by atoms with Crippen LogP contribution in [-0.4, -0.2) is 18.1 Å². The highest BCUT2D eigenvalue weighted by molar-refractivity contribution is 6.10. The lowest BCUT2D eigenvalue weighted by Crippen LogP contribution is -2.24. The zero-order chi connectivity index (χ0) is 32.8. The first-order valence-corrected chi connectivity index (χ1v) is 16.1. The van der Waals surface area contributed by atoms with Crippen LogP contribution in [0.4, 0.5) is 34.1 Å². The van der Waals surface area contributed by atoms with Gasteiger partial charge in [0.2, 0.25) is 0 Å². The van der Waals surface area contributed by atoms with E-state index >= 15 is 0 Å². The molecule has 6 aromatic carbocycles. The molecule has 0 unspecified atom stereocenters. The van der Waals surface area contributed by atoms with Crippen LogP contribution in [0.1, 0.15) is 21.5 Å². The number of esters is 1. The van der Waals surface area contributed by atoms with E-state index in [0.29, 0.717) is 5.56 Å². The van der Waals surface area contributed by atoms with Crippen molar-refractivity contribution >= 4 is 51.0 Å². The van der Waals surface area contributed by atoms with Gasteiger partial charge in [-0.15, -0.1) is 0 Å². The van der Waals surface area contributed by atoms with E-state index in [0.717, 1.165) is 73.0 Å². The lowest BCUT2D eigenvalue weighted by molar-refractivity contribution is 0.0600. The van der Waals surface area contributed by atoms with Crippen molar-refractivity contribution in [2.45, 2.75) is 13.8 Å². The summed E-state index contributed by atoms with van der Waals surface area (Å²) in [5.74, 6) is -0.363. The topological polar surface area (TPSA) is 45.7 Å². The maximum absolute atomic E-state index is 12.2. The van der Waals surface area contributed by atoms with Gasteiger partial charge in [-0.05, 0) is 91.2 Å². The van der Waals surface area contributed by atoms with Gasteiger partial charge in [-0.3, -0.25) is 0 Å². The number of methoxy groups -OCH3 is 1. The van der Waals surface area contributed by atoms with E-state index in [1.807, 2.05) is 18.2 Å². The summed E-state index contributed by atoms with van der Waals surface area (Å²) in [5.41, 5.74) is 14.1. The van der Waals surface area contributed by atoms with E-state index in [-0.39, 0.29) is 5.97 Å². The molecule has 5 nitrogen and oxygen atoms in total. The lowest BCUT2D eigenvalue weighted by Gasteiger charge is -2.40. The van der Waals surface area contributed by atoms with Gasteiger partial charge < -0.3 is 14.5 Å². The predicted molar refractivity (Wildman–Crippen MR) is 196 cm³/mol. The highest BCUT2D eigenvalue weighted by Crippen LogP contribution is 2.55. The lowest BCUT2D eigenvalue weighted by atomic mass is 9.93. The van der Waals surface area contributed by atoms with Crippen LogP contribution < -0.4 is 9.80 Å². The number of hydrogen-bond acceptors (Lipinski definition) is 5. The quantitative estimate of drug-likeness (QED) is 0.179. The van der Waals surface area contributed by atoms with Gasteiger partial charge in [-0.25, -0.2) is 9.78 Å². The summed E-state index contributed by atoms with van der Waals surface area (Å²) in [6.07, 6.45) is 0. The van der Waals surface area contributed by atoms with Crippen molar-refractivity contribution in [3.05, 3.63) is 162 Å². The second kappa shape index (κ2) is 11.9. The molecule has 8 rings (SSSR count). The number of nitrogens with zero attached hydrogens (tertiary/aromatic N) is 3. The monoisotopic (exact) mass is 623 g/mol. The maximum atomic E-state index is 12.2. The summed E-state index contributed by atoms with van der Waals surface area (Å²) in [6, 6.07) is 50.3. The largest absolute Gasteiger partial charge is 0.465 e. The van der Waals surface area contributed by atoms with Crippen LogP contribution in [-0.2, 0) is 4.74 Å². The van der Waals surface area contributed by atoms with E-state index in [1.165, 1.54) is 12.7 Å². The Labute approximate surface area is 280 Å². The fourth-order valence-electron chi connectivity index (χ4n) is 6.74. The number of aromatic nitrogens is 1. The molecule has 1 aliphatic rings. The molecular weight excluding hydrogens is 590 g/mol. The van der Waals surface area contributed by atoms with Gasteiger partial charge >= 0.3 is 5.97 Å². The van der Waals surface area contributed by atoms with Crippen LogP contribution in [0.25, 0.3) is 33.3 Å². The Bertz CT molecular complexity index is 2270. The van der Waals surface area contributed by atoms with Crippen LogP contribution in [0.15, 0.2) is 146 Å². The van der Waals surface area contributed by atoms with Crippen molar-refractivity contribution in [2.75, 3.05) is 16.9 Å². The number of rotatable bonds is 5. The Morgan fingerprint density at radius 1 is 0.583 bits per heavy atom. The third-order valence-electron chi connectivity index (χ3n) is 9.09. The standard InChI is InChI=1S/C43H33N3O2/c1-28-17-20-30(21-18-28)34-27-35(31-22-24-32(25-23-31)43(47)48-3)44-42-40(26-19-29(2)41(34)42)46-38-15-9-7-13-36(38)45(33-11-5-4-6-12-33)37-14-8-10-16-39(37)46/h4-27H,1-3H3. The minimum absolute atomic E-state index is 0.363. The predicted octanol–water partition coefficient (Wildman–Crippen LogP) is 11.2. The summed E-state index contributed by atoms with van der Waals surface area (Å²) >= 11 is 0. The first-order chi connectivity index (χ1) is 23.5. The highest BCUT2D eigenvalue weighted by atomic mass is 16.5. The first kappa shape index (κ1) is 29.2. The van der Waals surface area contributed by atoms with Gasteiger partial charge in [0.05, 0.1) is 52.3 Å². The first-order valence-electron chi connectivity index (χ1n) is 16.1. The molecule has 0 amide bonds. The number of hydrogen-bond donors (Lipinski definition) is 0. The molecule has 1 aromatic heterocycles. The zero-order valence-corrected chi connectivity index (χ0v) is 27.0. The number of ether oxygens (including phenoxy) is 1. The Kier molecular flexibility index (Phi) is 7.22. The number of carbonyl (C=O) groups excluding carboxylic acids is 1. The maximum Gasteiger partial charge on any atom is 0.337 e. The van der Waals surface area contributed by atoms with E-state index < -0.39 is 0 Å². The van der Waals surface area contributed by atoms with E-state index in [9.17, 15) is 4.79 Å². The number of pyridine rings is 1. The zero-order valence-electron chi connectivity index (χ0n) is 27.0. The molecule has 7 aromatic rings. The van der Waals surface area contributed by atoms with Crippen molar-refractivity contribution in [3.8, 4) is 22.4 Å². The van der Waals surface area contributed by atoms with Crippen LogP contribution in [0.2, 0.25) is 0 Å². The molecule has 0 fully saturated rings. The minimum Gasteiger partial charge on any atom is -0.465 e. The van der Waals surface area contributed by atoms with Gasteiger partial charge in [0.25, 0.3) is 0 Å². The van der Waals surface area contributed by atoms with Crippen LogP contribution in [0, 0.1) is 13.8 Å². The average molecular weight is 624 g/mol.